The number of halogens is 2. The van der Waals surface area contributed by atoms with Crippen LogP contribution in [-0.4, -0.2) is 7.05 Å². The standard InChI is InChI=1S/C15H15BrClNS/c1-18-9-12-8-13(16)4-7-15(12)19-10-11-2-5-14(17)6-3-11/h2-8,18H,9-10H2,1H3. The van der Waals surface area contributed by atoms with Crippen LogP contribution in [0.5, 0.6) is 0 Å². The summed E-state index contributed by atoms with van der Waals surface area (Å²) in [6.07, 6.45) is 0. The highest BCUT2D eigenvalue weighted by molar-refractivity contribution is 9.10. The lowest BCUT2D eigenvalue weighted by Crippen LogP contribution is -2.06. The Morgan fingerprint density at radius 2 is 1.89 bits per heavy atom. The molecule has 0 spiro atoms. The van der Waals surface area contributed by atoms with Crippen LogP contribution in [0.1, 0.15) is 11.1 Å². The van der Waals surface area contributed by atoms with Crippen LogP contribution in [0.2, 0.25) is 5.02 Å². The molecule has 1 nitrogen and oxygen atoms in total. The van der Waals surface area contributed by atoms with Crippen molar-refractivity contribution >= 4 is 39.3 Å². The van der Waals surface area contributed by atoms with Crippen molar-refractivity contribution in [2.24, 2.45) is 0 Å². The molecule has 0 aliphatic carbocycles. The van der Waals surface area contributed by atoms with E-state index in [0.717, 1.165) is 21.8 Å². The number of hydrogen-bond donors (Lipinski definition) is 1. The van der Waals surface area contributed by atoms with Crippen LogP contribution in [0.4, 0.5) is 0 Å². The van der Waals surface area contributed by atoms with Crippen LogP contribution in [0.25, 0.3) is 0 Å². The third kappa shape index (κ3) is 4.53. The van der Waals surface area contributed by atoms with Gasteiger partial charge >= 0.3 is 0 Å². The second-order valence-electron chi connectivity index (χ2n) is 4.20. The molecule has 2 aromatic rings. The fraction of sp³-hybridized carbons (Fsp3) is 0.200. The van der Waals surface area contributed by atoms with E-state index < -0.39 is 0 Å². The van der Waals surface area contributed by atoms with Crippen LogP contribution < -0.4 is 5.32 Å². The Morgan fingerprint density at radius 1 is 1.16 bits per heavy atom. The smallest absolute Gasteiger partial charge is 0.0406 e. The lowest BCUT2D eigenvalue weighted by atomic mass is 10.2. The summed E-state index contributed by atoms with van der Waals surface area (Å²) >= 11 is 11.3. The summed E-state index contributed by atoms with van der Waals surface area (Å²) in [6, 6.07) is 14.4. The Balaban J connectivity index is 2.08. The van der Waals surface area contributed by atoms with Crippen LogP contribution in [-0.2, 0) is 12.3 Å². The summed E-state index contributed by atoms with van der Waals surface area (Å²) in [5, 5.41) is 3.99. The quantitative estimate of drug-likeness (QED) is 0.747. The Hall–Kier alpha value is -0.480. The highest BCUT2D eigenvalue weighted by atomic mass is 79.9. The average Bonchev–Trinajstić information content (AvgIpc) is 2.40. The number of benzene rings is 2. The molecule has 0 saturated heterocycles. The predicted molar refractivity (Wildman–Crippen MR) is 87.9 cm³/mol. The van der Waals surface area contributed by atoms with Crippen molar-refractivity contribution in [1.82, 2.24) is 5.32 Å². The lowest BCUT2D eigenvalue weighted by molar-refractivity contribution is 0.802. The van der Waals surface area contributed by atoms with Gasteiger partial charge in [0.1, 0.15) is 0 Å². The van der Waals surface area contributed by atoms with Gasteiger partial charge in [-0.3, -0.25) is 0 Å². The molecule has 0 atom stereocenters. The van der Waals surface area contributed by atoms with Crippen molar-refractivity contribution in [3.05, 3.63) is 63.1 Å². The summed E-state index contributed by atoms with van der Waals surface area (Å²) in [5.41, 5.74) is 2.60. The molecule has 1 N–H and O–H groups in total. The highest BCUT2D eigenvalue weighted by Crippen LogP contribution is 2.29. The minimum Gasteiger partial charge on any atom is -0.316 e. The molecule has 0 aliphatic rings. The first-order valence-corrected chi connectivity index (χ1v) is 8.15. The topological polar surface area (TPSA) is 12.0 Å². The molecule has 0 aliphatic heterocycles. The van der Waals surface area contributed by atoms with Gasteiger partial charge < -0.3 is 5.32 Å². The van der Waals surface area contributed by atoms with Gasteiger partial charge in [-0.1, -0.05) is 39.7 Å². The van der Waals surface area contributed by atoms with Crippen molar-refractivity contribution in [2.75, 3.05) is 7.05 Å². The van der Waals surface area contributed by atoms with Crippen LogP contribution in [0, 0.1) is 0 Å². The molecule has 0 heterocycles. The average molecular weight is 357 g/mol. The molecule has 19 heavy (non-hydrogen) atoms. The first kappa shape index (κ1) is 14.9. The van der Waals surface area contributed by atoms with Crippen molar-refractivity contribution in [3.8, 4) is 0 Å². The highest BCUT2D eigenvalue weighted by Gasteiger charge is 2.04. The number of nitrogens with one attached hydrogen (secondary N) is 1. The SMILES string of the molecule is CNCc1cc(Br)ccc1SCc1ccc(Cl)cc1. The maximum absolute atomic E-state index is 5.89. The van der Waals surface area contributed by atoms with Gasteiger partial charge in [-0.25, -0.2) is 0 Å². The number of rotatable bonds is 5. The summed E-state index contributed by atoms with van der Waals surface area (Å²) in [6.45, 7) is 0.877. The molecular weight excluding hydrogens is 342 g/mol. The summed E-state index contributed by atoms with van der Waals surface area (Å²) in [7, 11) is 1.97. The molecule has 0 unspecified atom stereocenters. The van der Waals surface area contributed by atoms with Gasteiger partial charge in [0, 0.05) is 26.7 Å². The van der Waals surface area contributed by atoms with Gasteiger partial charge in [-0.05, 0) is 48.5 Å². The van der Waals surface area contributed by atoms with Crippen molar-refractivity contribution in [3.63, 3.8) is 0 Å². The molecule has 2 rings (SSSR count). The molecule has 4 heteroatoms. The zero-order valence-electron chi connectivity index (χ0n) is 10.6. The number of hydrogen-bond acceptors (Lipinski definition) is 2. The fourth-order valence-electron chi connectivity index (χ4n) is 1.76. The van der Waals surface area contributed by atoms with Crippen LogP contribution in [0.15, 0.2) is 51.8 Å². The molecule has 100 valence electrons. The number of thioether (sulfide) groups is 1. The first-order chi connectivity index (χ1) is 9.19. The van der Waals surface area contributed by atoms with E-state index in [0.29, 0.717) is 0 Å². The zero-order chi connectivity index (χ0) is 13.7. The Labute approximate surface area is 131 Å². The molecule has 0 amide bonds. The monoisotopic (exact) mass is 355 g/mol. The van der Waals surface area contributed by atoms with Gasteiger partial charge in [-0.2, -0.15) is 0 Å². The zero-order valence-corrected chi connectivity index (χ0v) is 13.8. The fourth-order valence-corrected chi connectivity index (χ4v) is 3.29. The molecular formula is C15H15BrClNS. The minimum absolute atomic E-state index is 0.785. The molecule has 0 aromatic heterocycles. The van der Waals surface area contributed by atoms with Crippen molar-refractivity contribution < 1.29 is 0 Å². The third-order valence-corrected chi connectivity index (χ3v) is 4.63. The van der Waals surface area contributed by atoms with Crippen LogP contribution >= 0.6 is 39.3 Å². The second kappa shape index (κ2) is 7.34. The largest absolute Gasteiger partial charge is 0.316 e. The Bertz CT molecular complexity index is 542. The van der Waals surface area contributed by atoms with Crippen LogP contribution in [0.3, 0.4) is 0 Å². The van der Waals surface area contributed by atoms with E-state index in [1.54, 1.807) is 0 Å². The molecule has 0 bridgehead atoms. The minimum atomic E-state index is 0.785. The van der Waals surface area contributed by atoms with E-state index in [9.17, 15) is 0 Å². The Kier molecular flexibility index (Phi) is 5.76. The normalized spacial score (nSPS) is 10.7. The van der Waals surface area contributed by atoms with E-state index in [1.165, 1.54) is 16.0 Å². The van der Waals surface area contributed by atoms with Gasteiger partial charge in [0.2, 0.25) is 0 Å². The summed E-state index contributed by atoms with van der Waals surface area (Å²) in [5.74, 6) is 0.954. The van der Waals surface area contributed by atoms with Gasteiger partial charge in [-0.15, -0.1) is 11.8 Å². The van der Waals surface area contributed by atoms with E-state index in [2.05, 4.69) is 51.6 Å². The summed E-state index contributed by atoms with van der Waals surface area (Å²) < 4.78 is 1.12. The van der Waals surface area contributed by atoms with Gasteiger partial charge in [0.15, 0.2) is 0 Å². The van der Waals surface area contributed by atoms with Crippen molar-refractivity contribution in [2.45, 2.75) is 17.2 Å². The van der Waals surface area contributed by atoms with E-state index in [4.69, 9.17) is 11.6 Å². The molecule has 0 fully saturated rings. The van der Waals surface area contributed by atoms with E-state index >= 15 is 0 Å². The maximum Gasteiger partial charge on any atom is 0.0406 e. The van der Waals surface area contributed by atoms with Crippen molar-refractivity contribution in [1.29, 1.82) is 0 Å². The Morgan fingerprint density at radius 3 is 2.58 bits per heavy atom. The molecule has 0 radical (unpaired) electrons. The third-order valence-electron chi connectivity index (χ3n) is 2.70. The van der Waals surface area contributed by atoms with E-state index in [1.807, 2.05) is 30.9 Å². The lowest BCUT2D eigenvalue weighted by Gasteiger charge is -2.09. The molecule has 2 aromatic carbocycles. The summed E-state index contributed by atoms with van der Waals surface area (Å²) in [4.78, 5) is 1.31. The van der Waals surface area contributed by atoms with Gasteiger partial charge in [0.25, 0.3) is 0 Å². The first-order valence-electron chi connectivity index (χ1n) is 5.99. The van der Waals surface area contributed by atoms with E-state index in [-0.39, 0.29) is 0 Å². The second-order valence-corrected chi connectivity index (χ2v) is 6.57. The maximum atomic E-state index is 5.89. The molecule has 0 saturated carbocycles. The van der Waals surface area contributed by atoms with Gasteiger partial charge in [0.05, 0.1) is 0 Å². The predicted octanol–water partition coefficient (Wildman–Crippen LogP) is 5.11.